The van der Waals surface area contributed by atoms with Gasteiger partial charge in [-0.15, -0.1) is 5.10 Å². The summed E-state index contributed by atoms with van der Waals surface area (Å²) in [5.74, 6) is 2.59. The number of H-pyrrole nitrogens is 1. The number of anilines is 3. The molecule has 0 aliphatic carbocycles. The summed E-state index contributed by atoms with van der Waals surface area (Å²) in [4.78, 5) is 13.0. The number of hydrogen-bond acceptors (Lipinski definition) is 8. The van der Waals surface area contributed by atoms with Crippen LogP contribution in [0.2, 0.25) is 0 Å². The third-order valence-corrected chi connectivity index (χ3v) is 4.91. The molecule has 2 aromatic heterocycles. The number of thioether (sulfide) groups is 1. The number of para-hydroxylation sites is 1. The lowest BCUT2D eigenvalue weighted by atomic mass is 10.1. The SMILES string of the molecule is CCc1ccccc1Nc1n[nH]c(-c2ccc(Oc3cc(N)nc(SC)n3)cc2)n1. The van der Waals surface area contributed by atoms with Gasteiger partial charge in [0.25, 0.3) is 0 Å². The van der Waals surface area contributed by atoms with Crippen molar-refractivity contribution in [2.24, 2.45) is 0 Å². The molecule has 0 saturated heterocycles. The maximum absolute atomic E-state index is 5.80. The van der Waals surface area contributed by atoms with Crippen LogP contribution in [0.25, 0.3) is 11.4 Å². The number of ether oxygens (including phenoxy) is 1. The topological polar surface area (TPSA) is 115 Å². The lowest BCUT2D eigenvalue weighted by molar-refractivity contribution is 0.456. The first-order chi connectivity index (χ1) is 14.6. The molecule has 0 saturated carbocycles. The molecule has 0 spiro atoms. The molecule has 0 radical (unpaired) electrons. The smallest absolute Gasteiger partial charge is 0.246 e. The van der Waals surface area contributed by atoms with Crippen LogP contribution in [0.4, 0.5) is 17.5 Å². The van der Waals surface area contributed by atoms with Crippen LogP contribution in [0.3, 0.4) is 0 Å². The van der Waals surface area contributed by atoms with E-state index in [1.807, 2.05) is 48.7 Å². The summed E-state index contributed by atoms with van der Waals surface area (Å²) in [5.41, 5.74) is 8.89. The van der Waals surface area contributed by atoms with E-state index < -0.39 is 0 Å². The molecular weight excluding hydrogens is 398 g/mol. The Kier molecular flexibility index (Phi) is 5.80. The second-order valence-corrected chi connectivity index (χ2v) is 7.16. The van der Waals surface area contributed by atoms with Crippen LogP contribution in [-0.4, -0.2) is 31.4 Å². The Morgan fingerprint density at radius 2 is 1.87 bits per heavy atom. The molecule has 0 aliphatic heterocycles. The summed E-state index contributed by atoms with van der Waals surface area (Å²) in [7, 11) is 0. The molecule has 4 rings (SSSR count). The van der Waals surface area contributed by atoms with Gasteiger partial charge in [-0.2, -0.15) is 9.97 Å². The molecule has 2 aromatic carbocycles. The lowest BCUT2D eigenvalue weighted by Crippen LogP contribution is -1.97. The highest BCUT2D eigenvalue weighted by molar-refractivity contribution is 7.98. The van der Waals surface area contributed by atoms with E-state index in [0.29, 0.717) is 34.4 Å². The minimum atomic E-state index is 0.368. The summed E-state index contributed by atoms with van der Waals surface area (Å²) in [5, 5.41) is 11.1. The second kappa shape index (κ2) is 8.83. The van der Waals surface area contributed by atoms with E-state index >= 15 is 0 Å². The third kappa shape index (κ3) is 4.52. The fourth-order valence-corrected chi connectivity index (χ4v) is 3.26. The number of nitrogens with one attached hydrogen (secondary N) is 2. The number of nitrogens with zero attached hydrogens (tertiary/aromatic N) is 4. The van der Waals surface area contributed by atoms with Crippen LogP contribution in [0.1, 0.15) is 12.5 Å². The molecule has 0 fully saturated rings. The summed E-state index contributed by atoms with van der Waals surface area (Å²) in [6.07, 6.45) is 2.81. The number of hydrogen-bond donors (Lipinski definition) is 3. The van der Waals surface area contributed by atoms with E-state index in [0.717, 1.165) is 17.7 Å². The van der Waals surface area contributed by atoms with Crippen molar-refractivity contribution in [1.29, 1.82) is 0 Å². The summed E-state index contributed by atoms with van der Waals surface area (Å²) in [6.45, 7) is 2.12. The Balaban J connectivity index is 1.48. The number of aromatic amines is 1. The lowest BCUT2D eigenvalue weighted by Gasteiger charge is -2.07. The van der Waals surface area contributed by atoms with E-state index in [9.17, 15) is 0 Å². The van der Waals surface area contributed by atoms with E-state index in [2.05, 4.69) is 43.5 Å². The molecule has 152 valence electrons. The number of benzene rings is 2. The first-order valence-electron chi connectivity index (χ1n) is 9.38. The van der Waals surface area contributed by atoms with Crippen molar-refractivity contribution in [3.05, 3.63) is 60.2 Å². The van der Waals surface area contributed by atoms with Crippen molar-refractivity contribution in [2.75, 3.05) is 17.3 Å². The number of nitrogens with two attached hydrogens (primary N) is 1. The summed E-state index contributed by atoms with van der Waals surface area (Å²) >= 11 is 1.40. The van der Waals surface area contributed by atoms with Gasteiger partial charge in [-0.3, -0.25) is 5.10 Å². The van der Waals surface area contributed by atoms with Crippen molar-refractivity contribution in [1.82, 2.24) is 25.1 Å². The monoisotopic (exact) mass is 419 g/mol. The highest BCUT2D eigenvalue weighted by Gasteiger charge is 2.09. The Morgan fingerprint density at radius 3 is 2.63 bits per heavy atom. The summed E-state index contributed by atoms with van der Waals surface area (Å²) < 4.78 is 5.80. The zero-order valence-electron chi connectivity index (χ0n) is 16.6. The van der Waals surface area contributed by atoms with E-state index in [1.54, 1.807) is 6.07 Å². The van der Waals surface area contributed by atoms with Crippen molar-refractivity contribution >= 4 is 29.2 Å². The Morgan fingerprint density at radius 1 is 1.07 bits per heavy atom. The maximum Gasteiger partial charge on any atom is 0.246 e. The van der Waals surface area contributed by atoms with Crippen molar-refractivity contribution in [3.63, 3.8) is 0 Å². The minimum absolute atomic E-state index is 0.368. The molecule has 0 atom stereocenters. The fraction of sp³-hybridized carbons (Fsp3) is 0.143. The van der Waals surface area contributed by atoms with Crippen LogP contribution in [-0.2, 0) is 6.42 Å². The minimum Gasteiger partial charge on any atom is -0.439 e. The van der Waals surface area contributed by atoms with Gasteiger partial charge in [-0.05, 0) is 48.6 Å². The van der Waals surface area contributed by atoms with Crippen molar-refractivity contribution in [2.45, 2.75) is 18.5 Å². The predicted molar refractivity (Wildman–Crippen MR) is 119 cm³/mol. The number of aromatic nitrogens is 5. The fourth-order valence-electron chi connectivity index (χ4n) is 2.88. The molecule has 0 aliphatic rings. The standard InChI is InChI=1S/C21H21N7OS/c1-3-13-6-4-5-7-16(13)23-20-26-19(27-28-20)14-8-10-15(11-9-14)29-18-12-17(22)24-21(25-18)30-2/h4-12H,3H2,1-2H3,(H2,22,24,25)(H2,23,26,27,28). The first-order valence-corrected chi connectivity index (χ1v) is 10.6. The van der Waals surface area contributed by atoms with Gasteiger partial charge in [0.1, 0.15) is 11.6 Å². The van der Waals surface area contributed by atoms with Crippen LogP contribution >= 0.6 is 11.8 Å². The summed E-state index contributed by atoms with van der Waals surface area (Å²) in [6, 6.07) is 17.2. The average Bonchev–Trinajstić information content (AvgIpc) is 3.22. The van der Waals surface area contributed by atoms with Gasteiger partial charge < -0.3 is 15.8 Å². The molecule has 9 heteroatoms. The molecule has 4 aromatic rings. The molecule has 0 amide bonds. The molecular formula is C21H21N7OS. The van der Waals surface area contributed by atoms with E-state index in [1.165, 1.54) is 17.3 Å². The molecule has 8 nitrogen and oxygen atoms in total. The van der Waals surface area contributed by atoms with Gasteiger partial charge in [-0.1, -0.05) is 36.9 Å². The molecule has 4 N–H and O–H groups in total. The van der Waals surface area contributed by atoms with Crippen molar-refractivity contribution in [3.8, 4) is 23.0 Å². The zero-order valence-corrected chi connectivity index (χ0v) is 17.4. The Bertz CT molecular complexity index is 1140. The van der Waals surface area contributed by atoms with Gasteiger partial charge in [0.15, 0.2) is 11.0 Å². The van der Waals surface area contributed by atoms with Crippen molar-refractivity contribution < 1.29 is 4.74 Å². The molecule has 0 unspecified atom stereocenters. The van der Waals surface area contributed by atoms with E-state index in [4.69, 9.17) is 10.5 Å². The molecule has 30 heavy (non-hydrogen) atoms. The van der Waals surface area contributed by atoms with Crippen LogP contribution in [0, 0.1) is 0 Å². The van der Waals surface area contributed by atoms with Crippen LogP contribution in [0.5, 0.6) is 11.6 Å². The first kappa shape index (κ1) is 19.7. The largest absolute Gasteiger partial charge is 0.439 e. The number of rotatable bonds is 7. The normalized spacial score (nSPS) is 10.7. The van der Waals surface area contributed by atoms with Crippen LogP contribution < -0.4 is 15.8 Å². The van der Waals surface area contributed by atoms with E-state index in [-0.39, 0.29) is 0 Å². The number of nitrogen functional groups attached to an aromatic ring is 1. The van der Waals surface area contributed by atoms with Crippen LogP contribution in [0.15, 0.2) is 59.8 Å². The van der Waals surface area contributed by atoms with Gasteiger partial charge in [0, 0.05) is 17.3 Å². The zero-order chi connectivity index (χ0) is 20.9. The average molecular weight is 420 g/mol. The van der Waals surface area contributed by atoms with Gasteiger partial charge >= 0.3 is 0 Å². The number of aryl methyl sites for hydroxylation is 1. The Hall–Kier alpha value is -3.59. The Labute approximate surface area is 178 Å². The van der Waals surface area contributed by atoms with Gasteiger partial charge in [0.2, 0.25) is 11.8 Å². The quantitative estimate of drug-likeness (QED) is 0.293. The molecule has 2 heterocycles. The highest BCUT2D eigenvalue weighted by atomic mass is 32.2. The third-order valence-electron chi connectivity index (χ3n) is 4.36. The second-order valence-electron chi connectivity index (χ2n) is 6.39. The van der Waals surface area contributed by atoms with Gasteiger partial charge in [0.05, 0.1) is 0 Å². The molecule has 0 bridgehead atoms. The van der Waals surface area contributed by atoms with Gasteiger partial charge in [-0.25, -0.2) is 4.98 Å². The highest BCUT2D eigenvalue weighted by Crippen LogP contribution is 2.26. The maximum atomic E-state index is 5.80. The predicted octanol–water partition coefficient (Wildman–Crippen LogP) is 4.66.